The molecular weight excluding hydrogens is 282 g/mol. The fourth-order valence-corrected chi connectivity index (χ4v) is 2.15. The summed E-state index contributed by atoms with van der Waals surface area (Å²) in [5.74, 6) is -0.318. The normalized spacial score (nSPS) is 12.7. The number of hydrogen-bond acceptors (Lipinski definition) is 3. The molecule has 0 heterocycles. The zero-order valence-electron chi connectivity index (χ0n) is 9.90. The van der Waals surface area contributed by atoms with Gasteiger partial charge in [-0.15, -0.1) is 0 Å². The van der Waals surface area contributed by atoms with Crippen LogP contribution < -0.4 is 11.5 Å². The van der Waals surface area contributed by atoms with Crippen LogP contribution in [-0.4, -0.2) is 30.4 Å². The Balaban J connectivity index is 2.63. The van der Waals surface area contributed by atoms with Crippen molar-refractivity contribution in [3.63, 3.8) is 0 Å². The minimum atomic E-state index is -0.318. The lowest BCUT2D eigenvalue weighted by Gasteiger charge is -2.26. The van der Waals surface area contributed by atoms with E-state index in [0.717, 1.165) is 11.0 Å². The summed E-state index contributed by atoms with van der Waals surface area (Å²) in [5, 5.41) is 0. The van der Waals surface area contributed by atoms with E-state index in [9.17, 15) is 4.79 Å². The van der Waals surface area contributed by atoms with Crippen molar-refractivity contribution in [2.45, 2.75) is 19.0 Å². The molecule has 0 fully saturated rings. The Morgan fingerprint density at radius 2 is 2.24 bits per heavy atom. The minimum Gasteiger partial charge on any atom is -0.370 e. The van der Waals surface area contributed by atoms with E-state index in [2.05, 4.69) is 15.9 Å². The number of rotatable bonds is 6. The predicted octanol–water partition coefficient (Wildman–Crippen LogP) is 1.08. The van der Waals surface area contributed by atoms with E-state index in [1.807, 2.05) is 36.2 Å². The Bertz CT molecular complexity index is 384. The van der Waals surface area contributed by atoms with Crippen LogP contribution in [-0.2, 0) is 11.3 Å². The topological polar surface area (TPSA) is 72.3 Å². The summed E-state index contributed by atoms with van der Waals surface area (Å²) in [5.41, 5.74) is 12.0. The molecule has 0 bridgehead atoms. The molecule has 1 aromatic rings. The van der Waals surface area contributed by atoms with Crippen molar-refractivity contribution < 1.29 is 4.79 Å². The summed E-state index contributed by atoms with van der Waals surface area (Å²) in [6.45, 7) is 1.17. The number of amides is 1. The Labute approximate surface area is 110 Å². The highest BCUT2D eigenvalue weighted by Crippen LogP contribution is 2.14. The van der Waals surface area contributed by atoms with E-state index >= 15 is 0 Å². The van der Waals surface area contributed by atoms with Gasteiger partial charge in [0.2, 0.25) is 5.91 Å². The molecule has 94 valence electrons. The first kappa shape index (κ1) is 14.2. The van der Waals surface area contributed by atoms with E-state index in [1.165, 1.54) is 5.56 Å². The molecule has 5 heteroatoms. The van der Waals surface area contributed by atoms with Crippen LogP contribution in [0.3, 0.4) is 0 Å². The number of nitrogens with zero attached hydrogens (tertiary/aromatic N) is 1. The zero-order valence-corrected chi connectivity index (χ0v) is 11.5. The first-order valence-electron chi connectivity index (χ1n) is 5.46. The van der Waals surface area contributed by atoms with Crippen LogP contribution in [0.2, 0.25) is 0 Å². The third kappa shape index (κ3) is 4.85. The van der Waals surface area contributed by atoms with Gasteiger partial charge in [-0.2, -0.15) is 0 Å². The molecule has 1 amide bonds. The van der Waals surface area contributed by atoms with E-state index in [4.69, 9.17) is 11.5 Å². The Morgan fingerprint density at radius 1 is 1.53 bits per heavy atom. The second kappa shape index (κ2) is 6.74. The first-order valence-corrected chi connectivity index (χ1v) is 6.25. The van der Waals surface area contributed by atoms with E-state index in [0.29, 0.717) is 13.0 Å². The number of benzene rings is 1. The molecule has 0 spiro atoms. The largest absolute Gasteiger partial charge is 0.370 e. The lowest BCUT2D eigenvalue weighted by molar-refractivity contribution is -0.119. The van der Waals surface area contributed by atoms with Crippen LogP contribution in [0, 0.1) is 0 Å². The van der Waals surface area contributed by atoms with Gasteiger partial charge in [-0.25, -0.2) is 0 Å². The van der Waals surface area contributed by atoms with Crippen molar-refractivity contribution >= 4 is 21.8 Å². The molecule has 0 aromatic heterocycles. The maximum Gasteiger partial charge on any atom is 0.219 e. The van der Waals surface area contributed by atoms with E-state index in [1.54, 1.807) is 0 Å². The molecule has 4 nitrogen and oxygen atoms in total. The number of halogens is 1. The third-order valence-corrected chi connectivity index (χ3v) is 3.15. The lowest BCUT2D eigenvalue weighted by atomic mass is 10.1. The summed E-state index contributed by atoms with van der Waals surface area (Å²) < 4.78 is 1.04. The number of hydrogen-bond donors (Lipinski definition) is 2. The van der Waals surface area contributed by atoms with Crippen molar-refractivity contribution in [2.24, 2.45) is 11.5 Å². The summed E-state index contributed by atoms with van der Waals surface area (Å²) in [7, 11) is 1.95. The Morgan fingerprint density at radius 3 is 2.76 bits per heavy atom. The fraction of sp³-hybridized carbons (Fsp3) is 0.417. The van der Waals surface area contributed by atoms with E-state index in [-0.39, 0.29) is 11.9 Å². The Kier molecular flexibility index (Phi) is 5.61. The molecule has 1 unspecified atom stereocenters. The van der Waals surface area contributed by atoms with Crippen molar-refractivity contribution in [3.05, 3.63) is 34.3 Å². The lowest BCUT2D eigenvalue weighted by Crippen LogP contribution is -2.40. The SMILES string of the molecule is CN(Cc1cccc(Br)c1)C(CN)CC(N)=O. The van der Waals surface area contributed by atoms with Crippen molar-refractivity contribution in [3.8, 4) is 0 Å². The zero-order chi connectivity index (χ0) is 12.8. The average molecular weight is 300 g/mol. The molecule has 0 saturated heterocycles. The summed E-state index contributed by atoms with van der Waals surface area (Å²) in [6.07, 6.45) is 0.293. The number of carbonyl (C=O) groups excluding carboxylic acids is 1. The highest BCUT2D eigenvalue weighted by Gasteiger charge is 2.15. The molecule has 0 radical (unpaired) electrons. The van der Waals surface area contributed by atoms with Crippen molar-refractivity contribution in [1.82, 2.24) is 4.90 Å². The molecule has 1 atom stereocenters. The molecular formula is C12H18BrN3O. The van der Waals surface area contributed by atoms with Crippen molar-refractivity contribution in [2.75, 3.05) is 13.6 Å². The maximum atomic E-state index is 10.9. The summed E-state index contributed by atoms with van der Waals surface area (Å²) in [6, 6.07) is 8.05. The highest BCUT2D eigenvalue weighted by molar-refractivity contribution is 9.10. The van der Waals surface area contributed by atoms with Gasteiger partial charge in [0, 0.05) is 30.0 Å². The van der Waals surface area contributed by atoms with Crippen LogP contribution in [0.25, 0.3) is 0 Å². The van der Waals surface area contributed by atoms with Crippen LogP contribution in [0.4, 0.5) is 0 Å². The maximum absolute atomic E-state index is 10.9. The first-order chi connectivity index (χ1) is 8.02. The average Bonchev–Trinajstić information content (AvgIpc) is 2.25. The standard InChI is InChI=1S/C12H18BrN3O/c1-16(11(7-14)6-12(15)17)8-9-3-2-4-10(13)5-9/h2-5,11H,6-8,14H2,1H3,(H2,15,17). The molecule has 0 aliphatic rings. The highest BCUT2D eigenvalue weighted by atomic mass is 79.9. The van der Waals surface area contributed by atoms with Gasteiger partial charge in [0.25, 0.3) is 0 Å². The van der Waals surface area contributed by atoms with Gasteiger partial charge in [0.15, 0.2) is 0 Å². The molecule has 0 saturated carbocycles. The van der Waals surface area contributed by atoms with Crippen LogP contribution in [0.5, 0.6) is 0 Å². The number of primary amides is 1. The molecule has 0 aliphatic carbocycles. The van der Waals surface area contributed by atoms with Gasteiger partial charge in [-0.3, -0.25) is 9.69 Å². The minimum absolute atomic E-state index is 0.00789. The second-order valence-corrected chi connectivity index (χ2v) is 5.02. The third-order valence-electron chi connectivity index (χ3n) is 2.65. The molecule has 17 heavy (non-hydrogen) atoms. The molecule has 4 N–H and O–H groups in total. The monoisotopic (exact) mass is 299 g/mol. The van der Waals surface area contributed by atoms with Gasteiger partial charge < -0.3 is 11.5 Å². The van der Waals surface area contributed by atoms with Gasteiger partial charge in [-0.05, 0) is 24.7 Å². The van der Waals surface area contributed by atoms with Gasteiger partial charge in [0.05, 0.1) is 0 Å². The molecule has 0 aliphatic heterocycles. The Hall–Kier alpha value is -0.910. The van der Waals surface area contributed by atoms with Crippen LogP contribution >= 0.6 is 15.9 Å². The summed E-state index contributed by atoms with van der Waals surface area (Å²) >= 11 is 3.43. The molecule has 1 aromatic carbocycles. The predicted molar refractivity (Wildman–Crippen MR) is 72.3 cm³/mol. The number of carbonyl (C=O) groups is 1. The molecule has 1 rings (SSSR count). The fourth-order valence-electron chi connectivity index (χ4n) is 1.70. The van der Waals surface area contributed by atoms with Gasteiger partial charge in [0.1, 0.15) is 0 Å². The van der Waals surface area contributed by atoms with Crippen LogP contribution in [0.1, 0.15) is 12.0 Å². The van der Waals surface area contributed by atoms with E-state index < -0.39 is 0 Å². The smallest absolute Gasteiger partial charge is 0.219 e. The second-order valence-electron chi connectivity index (χ2n) is 4.10. The van der Waals surface area contributed by atoms with Crippen molar-refractivity contribution in [1.29, 1.82) is 0 Å². The quantitative estimate of drug-likeness (QED) is 0.826. The van der Waals surface area contributed by atoms with Gasteiger partial charge >= 0.3 is 0 Å². The van der Waals surface area contributed by atoms with Gasteiger partial charge in [-0.1, -0.05) is 28.1 Å². The number of nitrogens with two attached hydrogens (primary N) is 2. The summed E-state index contributed by atoms with van der Waals surface area (Å²) in [4.78, 5) is 13.0. The van der Waals surface area contributed by atoms with Crippen LogP contribution in [0.15, 0.2) is 28.7 Å². The number of likely N-dealkylation sites (N-methyl/N-ethyl adjacent to an activating group) is 1.